The topological polar surface area (TPSA) is 116 Å². The van der Waals surface area contributed by atoms with Crippen LogP contribution in [-0.2, 0) is 14.3 Å². The van der Waals surface area contributed by atoms with E-state index in [4.69, 9.17) is 14.6 Å². The lowest BCUT2D eigenvalue weighted by Gasteiger charge is -2.39. The highest BCUT2D eigenvalue weighted by Gasteiger charge is 2.43. The molecule has 88 valence electrons. The van der Waals surface area contributed by atoms with E-state index in [-0.39, 0.29) is 6.61 Å². The highest BCUT2D eigenvalue weighted by molar-refractivity contribution is 5.50. The molecule has 0 spiro atoms. The zero-order valence-electron chi connectivity index (χ0n) is 7.89. The maximum absolute atomic E-state index is 10.0. The Bertz CT molecular complexity index is 207. The Morgan fingerprint density at radius 3 is 2.40 bits per heavy atom. The normalized spacial score (nSPS) is 41.5. The number of aldehydes is 1. The predicted molar refractivity (Wildman–Crippen MR) is 45.8 cm³/mol. The Kier molecular flexibility index (Phi) is 4.58. The number of aliphatic hydroxyl groups is 4. The molecule has 0 aromatic carbocycles. The third-order valence-corrected chi connectivity index (χ3v) is 2.18. The third-order valence-electron chi connectivity index (χ3n) is 2.18. The summed E-state index contributed by atoms with van der Waals surface area (Å²) < 4.78 is 9.71. The average molecular weight is 222 g/mol. The Morgan fingerprint density at radius 1 is 1.20 bits per heavy atom. The van der Waals surface area contributed by atoms with Crippen molar-refractivity contribution in [3.05, 3.63) is 0 Å². The molecule has 7 nitrogen and oxygen atoms in total. The molecule has 0 unspecified atom stereocenters. The monoisotopic (exact) mass is 222 g/mol. The van der Waals surface area contributed by atoms with Crippen LogP contribution >= 0.6 is 0 Å². The van der Waals surface area contributed by atoms with E-state index in [0.29, 0.717) is 6.29 Å². The number of hydrogen-bond acceptors (Lipinski definition) is 7. The van der Waals surface area contributed by atoms with Gasteiger partial charge >= 0.3 is 0 Å². The molecule has 0 radical (unpaired) electrons. The summed E-state index contributed by atoms with van der Waals surface area (Å²) in [4.78, 5) is 10.0. The van der Waals surface area contributed by atoms with Crippen molar-refractivity contribution in [1.82, 2.24) is 0 Å². The second-order valence-corrected chi connectivity index (χ2v) is 3.20. The fourth-order valence-electron chi connectivity index (χ4n) is 1.34. The van der Waals surface area contributed by atoms with Crippen LogP contribution in [0.15, 0.2) is 0 Å². The standard InChI is InChI=1S/C8H14O7/c9-1-2-14-8-7(13)6(12)5(11)4(3-10)15-8/h1,4-8,10-13H,2-3H2/t4-,5-,6+,7-,8+/m1/s1. The number of ether oxygens (including phenoxy) is 2. The van der Waals surface area contributed by atoms with E-state index in [1.807, 2.05) is 0 Å². The van der Waals surface area contributed by atoms with Crippen LogP contribution < -0.4 is 0 Å². The summed E-state index contributed by atoms with van der Waals surface area (Å²) in [5.74, 6) is 0. The molecule has 1 rings (SSSR count). The van der Waals surface area contributed by atoms with Crippen molar-refractivity contribution in [2.24, 2.45) is 0 Å². The van der Waals surface area contributed by atoms with Gasteiger partial charge in [0, 0.05) is 0 Å². The summed E-state index contributed by atoms with van der Waals surface area (Å²) in [6, 6.07) is 0. The van der Waals surface area contributed by atoms with Crippen molar-refractivity contribution in [3.63, 3.8) is 0 Å². The Hall–Kier alpha value is -0.570. The minimum absolute atomic E-state index is 0.303. The molecule has 0 amide bonds. The van der Waals surface area contributed by atoms with Crippen molar-refractivity contribution in [1.29, 1.82) is 0 Å². The van der Waals surface area contributed by atoms with Gasteiger partial charge in [-0.15, -0.1) is 0 Å². The lowest BCUT2D eigenvalue weighted by molar-refractivity contribution is -0.298. The first kappa shape index (κ1) is 12.5. The van der Waals surface area contributed by atoms with Crippen molar-refractivity contribution < 1.29 is 34.7 Å². The highest BCUT2D eigenvalue weighted by atomic mass is 16.7. The summed E-state index contributed by atoms with van der Waals surface area (Å²) in [5, 5.41) is 36.9. The number of hydrogen-bond donors (Lipinski definition) is 4. The molecule has 0 bridgehead atoms. The quantitative estimate of drug-likeness (QED) is 0.374. The van der Waals surface area contributed by atoms with Crippen LogP contribution in [0.3, 0.4) is 0 Å². The fourth-order valence-corrected chi connectivity index (χ4v) is 1.34. The number of carbonyl (C=O) groups excluding carboxylic acids is 1. The molecule has 4 N–H and O–H groups in total. The van der Waals surface area contributed by atoms with E-state index in [0.717, 1.165) is 0 Å². The van der Waals surface area contributed by atoms with Gasteiger partial charge in [0.25, 0.3) is 0 Å². The molecule has 5 atom stereocenters. The second-order valence-electron chi connectivity index (χ2n) is 3.20. The van der Waals surface area contributed by atoms with E-state index in [1.165, 1.54) is 0 Å². The zero-order valence-corrected chi connectivity index (χ0v) is 7.89. The van der Waals surface area contributed by atoms with Crippen LogP contribution in [0.25, 0.3) is 0 Å². The Morgan fingerprint density at radius 2 is 1.87 bits per heavy atom. The van der Waals surface area contributed by atoms with Gasteiger partial charge in [0.1, 0.15) is 37.3 Å². The summed E-state index contributed by atoms with van der Waals surface area (Å²) >= 11 is 0. The smallest absolute Gasteiger partial charge is 0.187 e. The number of aliphatic hydroxyl groups excluding tert-OH is 4. The summed E-state index contributed by atoms with van der Waals surface area (Å²) in [6.07, 6.45) is -6.14. The molecule has 1 saturated heterocycles. The van der Waals surface area contributed by atoms with Crippen LogP contribution in [0.2, 0.25) is 0 Å². The van der Waals surface area contributed by atoms with Crippen molar-refractivity contribution >= 4 is 6.29 Å². The van der Waals surface area contributed by atoms with Gasteiger partial charge in [-0.1, -0.05) is 0 Å². The SMILES string of the molecule is O=CCO[C@H]1O[C@H](CO)[C@@H](O)[C@H](O)[C@H]1O. The van der Waals surface area contributed by atoms with E-state index < -0.39 is 37.3 Å². The van der Waals surface area contributed by atoms with E-state index in [1.54, 1.807) is 0 Å². The summed E-state index contributed by atoms with van der Waals surface area (Å²) in [5.41, 5.74) is 0. The number of rotatable bonds is 4. The van der Waals surface area contributed by atoms with Gasteiger partial charge in [0.05, 0.1) is 6.61 Å². The van der Waals surface area contributed by atoms with Gasteiger partial charge in [-0.25, -0.2) is 0 Å². The average Bonchev–Trinajstić information content (AvgIpc) is 2.25. The highest BCUT2D eigenvalue weighted by Crippen LogP contribution is 2.21. The third kappa shape index (κ3) is 2.71. The first-order chi connectivity index (χ1) is 7.11. The van der Waals surface area contributed by atoms with Crippen LogP contribution in [-0.4, -0.2) is 70.6 Å². The van der Waals surface area contributed by atoms with Gasteiger partial charge in [-0.05, 0) is 0 Å². The van der Waals surface area contributed by atoms with Crippen molar-refractivity contribution in [2.45, 2.75) is 30.7 Å². The lowest BCUT2D eigenvalue weighted by Crippen LogP contribution is -2.59. The summed E-state index contributed by atoms with van der Waals surface area (Å²) in [6.45, 7) is -0.825. The van der Waals surface area contributed by atoms with Gasteiger partial charge in [-0.3, -0.25) is 0 Å². The molecule has 0 saturated carbocycles. The van der Waals surface area contributed by atoms with Crippen molar-refractivity contribution in [2.75, 3.05) is 13.2 Å². The maximum Gasteiger partial charge on any atom is 0.187 e. The van der Waals surface area contributed by atoms with Crippen LogP contribution in [0.1, 0.15) is 0 Å². The molecule has 0 aromatic heterocycles. The maximum atomic E-state index is 10.0. The lowest BCUT2D eigenvalue weighted by atomic mass is 9.99. The van der Waals surface area contributed by atoms with Crippen LogP contribution in [0.4, 0.5) is 0 Å². The van der Waals surface area contributed by atoms with E-state index in [2.05, 4.69) is 0 Å². The molecule has 0 aliphatic carbocycles. The van der Waals surface area contributed by atoms with Gasteiger partial charge in [-0.2, -0.15) is 0 Å². The van der Waals surface area contributed by atoms with E-state index in [9.17, 15) is 20.1 Å². The Labute approximate surface area is 85.9 Å². The fraction of sp³-hybridized carbons (Fsp3) is 0.875. The predicted octanol–water partition coefficient (Wildman–Crippen LogP) is -3.00. The minimum Gasteiger partial charge on any atom is -0.394 e. The molecular weight excluding hydrogens is 208 g/mol. The summed E-state index contributed by atoms with van der Waals surface area (Å²) in [7, 11) is 0. The molecule has 0 aromatic rings. The van der Waals surface area contributed by atoms with Crippen LogP contribution in [0, 0.1) is 0 Å². The van der Waals surface area contributed by atoms with E-state index >= 15 is 0 Å². The molecule has 1 heterocycles. The zero-order chi connectivity index (χ0) is 11.4. The molecule has 15 heavy (non-hydrogen) atoms. The first-order valence-electron chi connectivity index (χ1n) is 4.47. The first-order valence-corrected chi connectivity index (χ1v) is 4.47. The second kappa shape index (κ2) is 5.50. The molecule has 7 heteroatoms. The molecule has 1 fully saturated rings. The molecule has 1 aliphatic heterocycles. The molecule has 1 aliphatic rings. The Balaban J connectivity index is 2.60. The van der Waals surface area contributed by atoms with Crippen molar-refractivity contribution in [3.8, 4) is 0 Å². The van der Waals surface area contributed by atoms with Gasteiger partial charge in [0.15, 0.2) is 6.29 Å². The van der Waals surface area contributed by atoms with Gasteiger partial charge < -0.3 is 34.7 Å². The van der Waals surface area contributed by atoms with Gasteiger partial charge in [0.2, 0.25) is 0 Å². The molecular formula is C8H14O7. The number of carbonyl (C=O) groups is 1. The largest absolute Gasteiger partial charge is 0.394 e. The minimum atomic E-state index is -1.48. The van der Waals surface area contributed by atoms with Crippen LogP contribution in [0.5, 0.6) is 0 Å².